The highest BCUT2D eigenvalue weighted by Crippen LogP contribution is 2.04. The molecule has 7 heteroatoms. The van der Waals surface area contributed by atoms with Gasteiger partial charge in [-0.05, 0) is 12.0 Å². The molecular weight excluding hydrogens is 288 g/mol. The van der Waals surface area contributed by atoms with Crippen LogP contribution in [-0.4, -0.2) is 37.7 Å². The zero-order chi connectivity index (χ0) is 16.4. The Labute approximate surface area is 128 Å². The molecule has 0 radical (unpaired) electrons. The number of nitrogens with one attached hydrogen (secondary N) is 1. The number of amides is 2. The summed E-state index contributed by atoms with van der Waals surface area (Å²) in [4.78, 5) is 33.3. The van der Waals surface area contributed by atoms with Gasteiger partial charge in [0, 0.05) is 12.2 Å². The van der Waals surface area contributed by atoms with Gasteiger partial charge in [-0.15, -0.1) is 0 Å². The predicted octanol–water partition coefficient (Wildman–Crippen LogP) is 0.538. The van der Waals surface area contributed by atoms with Crippen LogP contribution in [0.2, 0.25) is 0 Å². The van der Waals surface area contributed by atoms with Crippen LogP contribution < -0.4 is 11.1 Å². The number of primary amides is 1. The fourth-order valence-corrected chi connectivity index (χ4v) is 1.69. The van der Waals surface area contributed by atoms with Gasteiger partial charge in [-0.3, -0.25) is 0 Å². The van der Waals surface area contributed by atoms with Crippen LogP contribution in [0.4, 0.5) is 4.79 Å². The Balaban J connectivity index is 2.54. The lowest BCUT2D eigenvalue weighted by Gasteiger charge is -2.17. The van der Waals surface area contributed by atoms with Crippen molar-refractivity contribution in [1.29, 1.82) is 0 Å². The summed E-state index contributed by atoms with van der Waals surface area (Å²) in [6, 6.07) is 8.20. The maximum atomic E-state index is 11.4. The Kier molecular flexibility index (Phi) is 7.18. The Morgan fingerprint density at radius 1 is 1.18 bits per heavy atom. The molecule has 7 nitrogen and oxygen atoms in total. The normalized spacial score (nSPS) is 11.7. The van der Waals surface area contributed by atoms with Crippen molar-refractivity contribution in [3.05, 3.63) is 48.0 Å². The number of esters is 2. The Morgan fingerprint density at radius 2 is 1.82 bits per heavy atom. The van der Waals surface area contributed by atoms with Crippen molar-refractivity contribution in [2.45, 2.75) is 12.5 Å². The van der Waals surface area contributed by atoms with Gasteiger partial charge in [-0.25, -0.2) is 14.4 Å². The molecule has 0 spiro atoms. The fourth-order valence-electron chi connectivity index (χ4n) is 1.69. The van der Waals surface area contributed by atoms with E-state index in [0.717, 1.165) is 17.7 Å². The van der Waals surface area contributed by atoms with Crippen LogP contribution in [0.15, 0.2) is 42.5 Å². The molecule has 0 bridgehead atoms. The second-order valence-corrected chi connectivity index (χ2v) is 4.38. The van der Waals surface area contributed by atoms with E-state index < -0.39 is 24.0 Å². The van der Waals surface area contributed by atoms with Gasteiger partial charge < -0.3 is 20.5 Å². The van der Waals surface area contributed by atoms with Crippen LogP contribution in [0.1, 0.15) is 5.56 Å². The predicted molar refractivity (Wildman–Crippen MR) is 78.8 cm³/mol. The first kappa shape index (κ1) is 17.2. The van der Waals surface area contributed by atoms with Crippen molar-refractivity contribution in [3.8, 4) is 0 Å². The fraction of sp³-hybridized carbons (Fsp3) is 0.267. The summed E-state index contributed by atoms with van der Waals surface area (Å²) in [6.07, 6.45) is 2.36. The van der Waals surface area contributed by atoms with Gasteiger partial charge in [0.1, 0.15) is 6.61 Å². The second-order valence-electron chi connectivity index (χ2n) is 4.38. The van der Waals surface area contributed by atoms with Crippen LogP contribution in [0, 0.1) is 0 Å². The van der Waals surface area contributed by atoms with E-state index >= 15 is 0 Å². The minimum atomic E-state index is -0.713. The molecule has 1 aromatic rings. The van der Waals surface area contributed by atoms with Crippen molar-refractivity contribution in [1.82, 2.24) is 5.32 Å². The maximum absolute atomic E-state index is 11.4. The molecule has 22 heavy (non-hydrogen) atoms. The summed E-state index contributed by atoms with van der Waals surface area (Å²) in [6.45, 7) is -0.0673. The number of ether oxygens (including phenoxy) is 2. The average molecular weight is 306 g/mol. The van der Waals surface area contributed by atoms with Gasteiger partial charge in [0.05, 0.1) is 13.2 Å². The van der Waals surface area contributed by atoms with Gasteiger partial charge in [0.25, 0.3) is 0 Å². The molecule has 2 amide bonds. The number of nitrogens with two attached hydrogens (primary N) is 1. The lowest BCUT2D eigenvalue weighted by atomic mass is 10.1. The molecule has 1 rings (SSSR count). The maximum Gasteiger partial charge on any atom is 0.331 e. The highest BCUT2D eigenvalue weighted by Gasteiger charge is 2.13. The number of hydrogen-bond acceptors (Lipinski definition) is 5. The van der Waals surface area contributed by atoms with E-state index in [1.807, 2.05) is 30.3 Å². The smallest absolute Gasteiger partial charge is 0.331 e. The molecule has 0 saturated heterocycles. The van der Waals surface area contributed by atoms with E-state index in [1.165, 1.54) is 7.11 Å². The van der Waals surface area contributed by atoms with E-state index in [9.17, 15) is 14.4 Å². The van der Waals surface area contributed by atoms with Crippen molar-refractivity contribution in [3.63, 3.8) is 0 Å². The van der Waals surface area contributed by atoms with E-state index in [2.05, 4.69) is 10.1 Å². The number of carbonyl (C=O) groups excluding carboxylic acids is 3. The molecule has 3 N–H and O–H groups in total. The summed E-state index contributed by atoms with van der Waals surface area (Å²) in [5.41, 5.74) is 6.06. The highest BCUT2D eigenvalue weighted by atomic mass is 16.5. The molecule has 0 saturated carbocycles. The highest BCUT2D eigenvalue weighted by molar-refractivity contribution is 5.91. The lowest BCUT2D eigenvalue weighted by Crippen LogP contribution is -2.43. The molecule has 0 aliphatic heterocycles. The van der Waals surface area contributed by atoms with E-state index in [-0.39, 0.29) is 6.61 Å². The molecule has 0 heterocycles. The quantitative estimate of drug-likeness (QED) is 0.564. The van der Waals surface area contributed by atoms with E-state index in [0.29, 0.717) is 6.42 Å². The number of rotatable bonds is 7. The number of carbonyl (C=O) groups is 3. The summed E-state index contributed by atoms with van der Waals surface area (Å²) in [5, 5.41) is 2.51. The SMILES string of the molecule is COC(=O)/C=C/C(=O)OC[C@H](Cc1ccccc1)NC(N)=O. The van der Waals surface area contributed by atoms with Crippen molar-refractivity contribution < 1.29 is 23.9 Å². The van der Waals surface area contributed by atoms with Gasteiger partial charge in [-0.1, -0.05) is 30.3 Å². The van der Waals surface area contributed by atoms with Gasteiger partial charge in [0.2, 0.25) is 0 Å². The summed E-state index contributed by atoms with van der Waals surface area (Å²) in [7, 11) is 1.20. The van der Waals surface area contributed by atoms with Gasteiger partial charge in [-0.2, -0.15) is 0 Å². The monoisotopic (exact) mass is 306 g/mol. The first-order valence-corrected chi connectivity index (χ1v) is 6.54. The van der Waals surface area contributed by atoms with Crippen molar-refractivity contribution >= 4 is 18.0 Å². The van der Waals surface area contributed by atoms with Crippen LogP contribution in [-0.2, 0) is 25.5 Å². The molecule has 0 aromatic heterocycles. The summed E-state index contributed by atoms with van der Waals surface area (Å²) < 4.78 is 9.32. The Bertz CT molecular complexity index is 542. The van der Waals surface area contributed by atoms with Crippen LogP contribution in [0.25, 0.3) is 0 Å². The Morgan fingerprint density at radius 3 is 2.41 bits per heavy atom. The molecule has 1 atom stereocenters. The minimum absolute atomic E-state index is 0.0673. The summed E-state index contributed by atoms with van der Waals surface area (Å²) in [5.74, 6) is -1.37. The van der Waals surface area contributed by atoms with Crippen molar-refractivity contribution in [2.75, 3.05) is 13.7 Å². The number of methoxy groups -OCH3 is 1. The zero-order valence-electron chi connectivity index (χ0n) is 12.2. The topological polar surface area (TPSA) is 108 Å². The van der Waals surface area contributed by atoms with E-state index in [4.69, 9.17) is 10.5 Å². The van der Waals surface area contributed by atoms with Crippen LogP contribution in [0.3, 0.4) is 0 Å². The second kappa shape index (κ2) is 9.17. The Hall–Kier alpha value is -2.83. The number of urea groups is 1. The van der Waals surface area contributed by atoms with Crippen LogP contribution in [0.5, 0.6) is 0 Å². The van der Waals surface area contributed by atoms with Crippen molar-refractivity contribution in [2.24, 2.45) is 5.73 Å². The molecule has 0 fully saturated rings. The third kappa shape index (κ3) is 7.09. The zero-order valence-corrected chi connectivity index (χ0v) is 12.2. The molecule has 0 unspecified atom stereocenters. The van der Waals surface area contributed by atoms with Crippen LogP contribution >= 0.6 is 0 Å². The summed E-state index contributed by atoms with van der Waals surface area (Å²) >= 11 is 0. The molecule has 0 aliphatic carbocycles. The standard InChI is InChI=1S/C15H18N2O5/c1-21-13(18)7-8-14(19)22-10-12(17-15(16)20)9-11-5-3-2-4-6-11/h2-8,12H,9-10H2,1H3,(H3,16,17,20)/b8-7+/t12-/m0/s1. The van der Waals surface area contributed by atoms with Gasteiger partial charge >= 0.3 is 18.0 Å². The molecule has 1 aromatic carbocycles. The third-order valence-corrected chi connectivity index (χ3v) is 2.65. The lowest BCUT2D eigenvalue weighted by molar-refractivity contribution is -0.139. The molecule has 118 valence electrons. The first-order valence-electron chi connectivity index (χ1n) is 6.54. The minimum Gasteiger partial charge on any atom is -0.466 e. The third-order valence-electron chi connectivity index (χ3n) is 2.65. The first-order chi connectivity index (χ1) is 10.5. The number of hydrogen-bond donors (Lipinski definition) is 2. The largest absolute Gasteiger partial charge is 0.466 e. The number of benzene rings is 1. The van der Waals surface area contributed by atoms with Gasteiger partial charge in [0.15, 0.2) is 0 Å². The molecule has 0 aliphatic rings. The average Bonchev–Trinajstić information content (AvgIpc) is 2.50. The molecular formula is C15H18N2O5. The van der Waals surface area contributed by atoms with E-state index in [1.54, 1.807) is 0 Å².